The van der Waals surface area contributed by atoms with Crippen molar-refractivity contribution < 1.29 is 5.11 Å². The van der Waals surface area contributed by atoms with E-state index in [4.69, 9.17) is 5.11 Å². The highest BCUT2D eigenvalue weighted by Gasteiger charge is 2.22. The van der Waals surface area contributed by atoms with E-state index in [1.165, 1.54) is 31.2 Å². The summed E-state index contributed by atoms with van der Waals surface area (Å²) in [5.74, 6) is 1.34. The molecule has 0 spiro atoms. The molecule has 0 radical (unpaired) electrons. The van der Waals surface area contributed by atoms with Crippen molar-refractivity contribution in [2.75, 3.05) is 13.2 Å². The van der Waals surface area contributed by atoms with E-state index in [0.29, 0.717) is 18.6 Å². The SMILES string of the molecule is CC(CCO)CNC1CCC(c2ccccc2)CC1. The second-order valence-corrected chi connectivity index (χ2v) is 5.98. The molecule has 0 aromatic heterocycles. The van der Waals surface area contributed by atoms with Gasteiger partial charge in [-0.3, -0.25) is 0 Å². The van der Waals surface area contributed by atoms with E-state index in [0.717, 1.165) is 18.9 Å². The molecule has 19 heavy (non-hydrogen) atoms. The Morgan fingerprint density at radius 2 is 1.84 bits per heavy atom. The summed E-state index contributed by atoms with van der Waals surface area (Å²) in [4.78, 5) is 0. The van der Waals surface area contributed by atoms with Crippen molar-refractivity contribution in [2.24, 2.45) is 5.92 Å². The molecule has 1 aliphatic carbocycles. The minimum atomic E-state index is 0.309. The summed E-state index contributed by atoms with van der Waals surface area (Å²) >= 11 is 0. The molecule has 2 nitrogen and oxygen atoms in total. The van der Waals surface area contributed by atoms with Crippen LogP contribution in [0.15, 0.2) is 30.3 Å². The number of hydrogen-bond donors (Lipinski definition) is 2. The third-order valence-electron chi connectivity index (χ3n) is 4.38. The normalized spacial score (nSPS) is 25.2. The molecule has 106 valence electrons. The maximum absolute atomic E-state index is 8.91. The monoisotopic (exact) mass is 261 g/mol. The van der Waals surface area contributed by atoms with E-state index in [1.54, 1.807) is 0 Å². The molecular formula is C17H27NO. The van der Waals surface area contributed by atoms with Gasteiger partial charge in [-0.1, -0.05) is 37.3 Å². The van der Waals surface area contributed by atoms with Gasteiger partial charge in [-0.2, -0.15) is 0 Å². The number of aliphatic hydroxyl groups is 1. The lowest BCUT2D eigenvalue weighted by Gasteiger charge is -2.30. The Morgan fingerprint density at radius 1 is 1.16 bits per heavy atom. The van der Waals surface area contributed by atoms with Gasteiger partial charge in [0.05, 0.1) is 0 Å². The summed E-state index contributed by atoms with van der Waals surface area (Å²) in [5, 5.41) is 12.6. The predicted octanol–water partition coefficient (Wildman–Crippen LogP) is 3.32. The van der Waals surface area contributed by atoms with Crippen LogP contribution >= 0.6 is 0 Å². The number of aliphatic hydroxyl groups excluding tert-OH is 1. The highest BCUT2D eigenvalue weighted by molar-refractivity contribution is 5.20. The van der Waals surface area contributed by atoms with Crippen LogP contribution in [0.1, 0.15) is 50.5 Å². The summed E-state index contributed by atoms with van der Waals surface area (Å²) in [7, 11) is 0. The first-order valence-corrected chi connectivity index (χ1v) is 7.68. The molecule has 1 saturated carbocycles. The van der Waals surface area contributed by atoms with Gasteiger partial charge < -0.3 is 10.4 Å². The molecule has 2 heteroatoms. The third-order valence-corrected chi connectivity index (χ3v) is 4.38. The van der Waals surface area contributed by atoms with Crippen molar-refractivity contribution in [1.29, 1.82) is 0 Å². The molecule has 2 N–H and O–H groups in total. The van der Waals surface area contributed by atoms with Crippen molar-refractivity contribution >= 4 is 0 Å². The van der Waals surface area contributed by atoms with Crippen LogP contribution in [-0.2, 0) is 0 Å². The fraction of sp³-hybridized carbons (Fsp3) is 0.647. The lowest BCUT2D eigenvalue weighted by molar-refractivity contribution is 0.252. The molecule has 0 aliphatic heterocycles. The lowest BCUT2D eigenvalue weighted by atomic mass is 9.81. The van der Waals surface area contributed by atoms with Gasteiger partial charge in [0.15, 0.2) is 0 Å². The number of nitrogens with one attached hydrogen (secondary N) is 1. The Labute approximate surface area is 117 Å². The predicted molar refractivity (Wildman–Crippen MR) is 80.3 cm³/mol. The summed E-state index contributed by atoms with van der Waals surface area (Å²) in [6.45, 7) is 3.56. The Kier molecular flexibility index (Phi) is 5.87. The van der Waals surface area contributed by atoms with Crippen molar-refractivity contribution in [1.82, 2.24) is 5.32 Å². The van der Waals surface area contributed by atoms with Gasteiger partial charge in [0.1, 0.15) is 0 Å². The Morgan fingerprint density at radius 3 is 2.47 bits per heavy atom. The zero-order valence-electron chi connectivity index (χ0n) is 12.0. The van der Waals surface area contributed by atoms with Crippen LogP contribution in [0.2, 0.25) is 0 Å². The number of hydrogen-bond acceptors (Lipinski definition) is 2. The number of rotatable bonds is 6. The first kappa shape index (κ1) is 14.5. The third kappa shape index (κ3) is 4.63. The molecule has 2 rings (SSSR count). The zero-order valence-corrected chi connectivity index (χ0v) is 12.0. The average Bonchev–Trinajstić information content (AvgIpc) is 2.47. The molecule has 0 amide bonds. The van der Waals surface area contributed by atoms with Crippen LogP contribution in [0.25, 0.3) is 0 Å². The van der Waals surface area contributed by atoms with E-state index < -0.39 is 0 Å². The second-order valence-electron chi connectivity index (χ2n) is 5.98. The quantitative estimate of drug-likeness (QED) is 0.823. The largest absolute Gasteiger partial charge is 0.396 e. The van der Waals surface area contributed by atoms with Crippen molar-refractivity contribution in [3.05, 3.63) is 35.9 Å². The molecule has 0 saturated heterocycles. The van der Waals surface area contributed by atoms with E-state index in [9.17, 15) is 0 Å². The summed E-state index contributed by atoms with van der Waals surface area (Å²) < 4.78 is 0. The topological polar surface area (TPSA) is 32.3 Å². The highest BCUT2D eigenvalue weighted by atomic mass is 16.3. The van der Waals surface area contributed by atoms with E-state index in [-0.39, 0.29) is 0 Å². The summed E-state index contributed by atoms with van der Waals surface area (Å²) in [6.07, 6.45) is 6.08. The lowest BCUT2D eigenvalue weighted by Crippen LogP contribution is -2.35. The zero-order chi connectivity index (χ0) is 13.5. The molecule has 1 fully saturated rings. The number of benzene rings is 1. The van der Waals surface area contributed by atoms with Crippen LogP contribution < -0.4 is 5.32 Å². The van der Waals surface area contributed by atoms with Gasteiger partial charge in [0.2, 0.25) is 0 Å². The van der Waals surface area contributed by atoms with E-state index >= 15 is 0 Å². The molecule has 0 heterocycles. The fourth-order valence-corrected chi connectivity index (χ4v) is 3.05. The molecule has 1 unspecified atom stereocenters. The van der Waals surface area contributed by atoms with Gasteiger partial charge >= 0.3 is 0 Å². The molecular weight excluding hydrogens is 234 g/mol. The summed E-state index contributed by atoms with van der Waals surface area (Å²) in [6, 6.07) is 11.6. The van der Waals surface area contributed by atoms with E-state index in [1.807, 2.05) is 0 Å². The molecule has 1 aromatic carbocycles. The van der Waals surface area contributed by atoms with Crippen LogP contribution in [0, 0.1) is 5.92 Å². The average molecular weight is 261 g/mol. The van der Waals surface area contributed by atoms with Crippen molar-refractivity contribution in [3.63, 3.8) is 0 Å². The van der Waals surface area contributed by atoms with Gasteiger partial charge in [-0.15, -0.1) is 0 Å². The molecule has 1 aromatic rings. The Bertz CT molecular complexity index is 344. The maximum atomic E-state index is 8.91. The fourth-order valence-electron chi connectivity index (χ4n) is 3.05. The van der Waals surface area contributed by atoms with Crippen molar-refractivity contribution in [3.8, 4) is 0 Å². The van der Waals surface area contributed by atoms with Crippen LogP contribution in [-0.4, -0.2) is 24.3 Å². The van der Waals surface area contributed by atoms with Crippen LogP contribution in [0.5, 0.6) is 0 Å². The minimum Gasteiger partial charge on any atom is -0.396 e. The molecule has 1 atom stereocenters. The first-order chi connectivity index (χ1) is 9.29. The maximum Gasteiger partial charge on any atom is 0.0434 e. The standard InChI is InChI=1S/C17H27NO/c1-14(11-12-19)13-18-17-9-7-16(8-10-17)15-5-3-2-4-6-15/h2-6,14,16-19H,7-13H2,1H3. The van der Waals surface area contributed by atoms with Crippen LogP contribution in [0.3, 0.4) is 0 Å². The molecule has 0 bridgehead atoms. The van der Waals surface area contributed by atoms with Gasteiger partial charge in [-0.25, -0.2) is 0 Å². The Hall–Kier alpha value is -0.860. The first-order valence-electron chi connectivity index (χ1n) is 7.68. The smallest absolute Gasteiger partial charge is 0.0434 e. The van der Waals surface area contributed by atoms with Crippen molar-refractivity contribution in [2.45, 2.75) is 51.0 Å². The van der Waals surface area contributed by atoms with Gasteiger partial charge in [-0.05, 0) is 56.0 Å². The minimum absolute atomic E-state index is 0.309. The molecule has 1 aliphatic rings. The highest BCUT2D eigenvalue weighted by Crippen LogP contribution is 2.32. The van der Waals surface area contributed by atoms with Gasteiger partial charge in [0.25, 0.3) is 0 Å². The second kappa shape index (κ2) is 7.66. The Balaban J connectivity index is 1.71. The summed E-state index contributed by atoms with van der Waals surface area (Å²) in [5.41, 5.74) is 1.51. The van der Waals surface area contributed by atoms with Gasteiger partial charge in [0, 0.05) is 12.6 Å². The van der Waals surface area contributed by atoms with Crippen LogP contribution in [0.4, 0.5) is 0 Å². The van der Waals surface area contributed by atoms with E-state index in [2.05, 4.69) is 42.6 Å².